The number of carboxylic acids is 1. The number of H-pyrrole nitrogens is 1. The highest BCUT2D eigenvalue weighted by atomic mass is 16.4. The molecule has 2 aromatic carbocycles. The zero-order valence-corrected chi connectivity index (χ0v) is 12.7. The fourth-order valence-corrected chi connectivity index (χ4v) is 2.82. The molecule has 0 aliphatic rings. The zero-order chi connectivity index (χ0) is 16.5. The first-order valence-corrected chi connectivity index (χ1v) is 7.58. The van der Waals surface area contributed by atoms with Crippen LogP contribution in [0.3, 0.4) is 0 Å². The number of rotatable bonds is 3. The number of nitrogens with one attached hydrogen (secondary N) is 1. The Bertz CT molecular complexity index is 1020. The number of aromatic nitrogens is 2. The van der Waals surface area contributed by atoms with Crippen LogP contribution in [0.2, 0.25) is 0 Å². The molecule has 2 N–H and O–H groups in total. The minimum atomic E-state index is -0.924. The van der Waals surface area contributed by atoms with Gasteiger partial charge in [0.05, 0.1) is 5.56 Å². The molecule has 4 rings (SSSR count). The number of hydrogen-bond acceptors (Lipinski definition) is 2. The topological polar surface area (TPSA) is 66.0 Å². The maximum absolute atomic E-state index is 11.0. The molecule has 0 amide bonds. The summed E-state index contributed by atoms with van der Waals surface area (Å²) in [7, 11) is 0. The third kappa shape index (κ3) is 2.44. The summed E-state index contributed by atoms with van der Waals surface area (Å²) in [4.78, 5) is 18.7. The molecule has 2 aromatic heterocycles. The van der Waals surface area contributed by atoms with Gasteiger partial charge < -0.3 is 10.1 Å². The summed E-state index contributed by atoms with van der Waals surface area (Å²) in [6.45, 7) is 0. The van der Waals surface area contributed by atoms with Gasteiger partial charge in [0.2, 0.25) is 0 Å². The largest absolute Gasteiger partial charge is 0.478 e. The van der Waals surface area contributed by atoms with Crippen LogP contribution in [0.1, 0.15) is 10.4 Å². The fourth-order valence-electron chi connectivity index (χ4n) is 2.82. The van der Waals surface area contributed by atoms with E-state index in [4.69, 9.17) is 5.11 Å². The van der Waals surface area contributed by atoms with Crippen molar-refractivity contribution in [2.24, 2.45) is 0 Å². The first-order valence-electron chi connectivity index (χ1n) is 7.58. The Labute approximate surface area is 138 Å². The summed E-state index contributed by atoms with van der Waals surface area (Å²) >= 11 is 0. The van der Waals surface area contributed by atoms with Crippen LogP contribution in [0.4, 0.5) is 0 Å². The second kappa shape index (κ2) is 5.66. The number of pyridine rings is 1. The molecule has 4 aromatic rings. The molecule has 0 spiro atoms. The molecule has 24 heavy (non-hydrogen) atoms. The Morgan fingerprint density at radius 3 is 2.38 bits per heavy atom. The summed E-state index contributed by atoms with van der Waals surface area (Å²) in [6, 6.07) is 19.1. The number of benzene rings is 2. The normalized spacial score (nSPS) is 10.8. The second-order valence-corrected chi connectivity index (χ2v) is 5.57. The van der Waals surface area contributed by atoms with Crippen molar-refractivity contribution in [2.45, 2.75) is 0 Å². The third-order valence-corrected chi connectivity index (χ3v) is 4.08. The molecular weight excluding hydrogens is 300 g/mol. The number of aromatic amines is 1. The van der Waals surface area contributed by atoms with Crippen LogP contribution in [0.25, 0.3) is 33.3 Å². The molecular formula is C20H14N2O2. The minimum absolute atomic E-state index is 0.277. The van der Waals surface area contributed by atoms with Crippen LogP contribution in [-0.4, -0.2) is 21.0 Å². The maximum atomic E-state index is 11.0. The first-order chi connectivity index (χ1) is 11.7. The average molecular weight is 314 g/mol. The molecule has 4 heteroatoms. The number of aromatic carboxylic acids is 1. The van der Waals surface area contributed by atoms with Crippen LogP contribution in [0.5, 0.6) is 0 Å². The molecule has 116 valence electrons. The van der Waals surface area contributed by atoms with Gasteiger partial charge in [-0.1, -0.05) is 42.5 Å². The summed E-state index contributed by atoms with van der Waals surface area (Å²) in [6.07, 6.45) is 3.76. The molecule has 0 radical (unpaired) electrons. The predicted molar refractivity (Wildman–Crippen MR) is 93.9 cm³/mol. The quantitative estimate of drug-likeness (QED) is 0.581. The van der Waals surface area contributed by atoms with E-state index in [0.717, 1.165) is 33.3 Å². The Hall–Kier alpha value is -3.40. The van der Waals surface area contributed by atoms with Crippen molar-refractivity contribution in [1.29, 1.82) is 0 Å². The van der Waals surface area contributed by atoms with E-state index in [0.29, 0.717) is 0 Å². The SMILES string of the molecule is O=C(O)c1ccc(-c2cnc3[nH]cc(-c4ccccc4)c3c2)cc1. The molecule has 0 saturated heterocycles. The molecule has 0 atom stereocenters. The number of carbonyl (C=O) groups is 1. The maximum Gasteiger partial charge on any atom is 0.335 e. The van der Waals surface area contributed by atoms with Crippen molar-refractivity contribution in [3.8, 4) is 22.3 Å². The number of nitrogens with zero attached hydrogens (tertiary/aromatic N) is 1. The van der Waals surface area contributed by atoms with Crippen molar-refractivity contribution in [3.63, 3.8) is 0 Å². The van der Waals surface area contributed by atoms with Gasteiger partial charge in [0.1, 0.15) is 5.65 Å². The van der Waals surface area contributed by atoms with E-state index in [-0.39, 0.29) is 5.56 Å². The Morgan fingerprint density at radius 2 is 1.67 bits per heavy atom. The molecule has 0 aliphatic carbocycles. The van der Waals surface area contributed by atoms with Gasteiger partial charge in [0, 0.05) is 28.9 Å². The molecule has 0 unspecified atom stereocenters. The zero-order valence-electron chi connectivity index (χ0n) is 12.7. The van der Waals surface area contributed by atoms with Crippen molar-refractivity contribution < 1.29 is 9.90 Å². The van der Waals surface area contributed by atoms with Gasteiger partial charge in [-0.05, 0) is 29.3 Å². The van der Waals surface area contributed by atoms with E-state index in [9.17, 15) is 4.79 Å². The summed E-state index contributed by atoms with van der Waals surface area (Å²) < 4.78 is 0. The van der Waals surface area contributed by atoms with Gasteiger partial charge in [-0.3, -0.25) is 0 Å². The standard InChI is InChI=1S/C20H14N2O2/c23-20(24)15-8-6-13(7-9-15)16-10-17-18(12-22-19(17)21-11-16)14-4-2-1-3-5-14/h1-12H,(H,21,22)(H,23,24). The van der Waals surface area contributed by atoms with E-state index in [2.05, 4.69) is 28.2 Å². The van der Waals surface area contributed by atoms with E-state index in [1.54, 1.807) is 30.5 Å². The Kier molecular flexibility index (Phi) is 3.35. The minimum Gasteiger partial charge on any atom is -0.478 e. The van der Waals surface area contributed by atoms with E-state index >= 15 is 0 Å². The molecule has 2 heterocycles. The van der Waals surface area contributed by atoms with Crippen molar-refractivity contribution >= 4 is 17.0 Å². The van der Waals surface area contributed by atoms with Gasteiger partial charge in [-0.2, -0.15) is 0 Å². The Morgan fingerprint density at radius 1 is 0.917 bits per heavy atom. The second-order valence-electron chi connectivity index (χ2n) is 5.57. The number of fused-ring (bicyclic) bond motifs is 1. The van der Waals surface area contributed by atoms with E-state index < -0.39 is 5.97 Å². The predicted octanol–water partition coefficient (Wildman–Crippen LogP) is 4.60. The van der Waals surface area contributed by atoms with E-state index in [1.807, 2.05) is 24.4 Å². The highest BCUT2D eigenvalue weighted by molar-refractivity contribution is 5.96. The van der Waals surface area contributed by atoms with Crippen LogP contribution < -0.4 is 0 Å². The summed E-state index contributed by atoms with van der Waals surface area (Å²) in [5.41, 5.74) is 5.23. The van der Waals surface area contributed by atoms with Gasteiger partial charge in [0.15, 0.2) is 0 Å². The van der Waals surface area contributed by atoms with Crippen LogP contribution in [0.15, 0.2) is 73.1 Å². The van der Waals surface area contributed by atoms with Crippen molar-refractivity contribution in [3.05, 3.63) is 78.6 Å². The first kappa shape index (κ1) is 14.2. The molecule has 0 fully saturated rings. The highest BCUT2D eigenvalue weighted by Gasteiger charge is 2.09. The third-order valence-electron chi connectivity index (χ3n) is 4.08. The van der Waals surface area contributed by atoms with Crippen molar-refractivity contribution in [2.75, 3.05) is 0 Å². The smallest absolute Gasteiger partial charge is 0.335 e. The van der Waals surface area contributed by atoms with Gasteiger partial charge in [0.25, 0.3) is 0 Å². The van der Waals surface area contributed by atoms with Crippen molar-refractivity contribution in [1.82, 2.24) is 9.97 Å². The van der Waals surface area contributed by atoms with Gasteiger partial charge in [-0.25, -0.2) is 9.78 Å². The summed E-state index contributed by atoms with van der Waals surface area (Å²) in [5.74, 6) is -0.924. The van der Waals surface area contributed by atoms with Gasteiger partial charge in [-0.15, -0.1) is 0 Å². The van der Waals surface area contributed by atoms with Crippen LogP contribution >= 0.6 is 0 Å². The highest BCUT2D eigenvalue weighted by Crippen LogP contribution is 2.30. The average Bonchev–Trinajstić information content (AvgIpc) is 3.05. The molecule has 0 bridgehead atoms. The Balaban J connectivity index is 1.81. The number of hydrogen-bond donors (Lipinski definition) is 2. The lowest BCUT2D eigenvalue weighted by Crippen LogP contribution is -1.95. The van der Waals surface area contributed by atoms with E-state index in [1.165, 1.54) is 0 Å². The molecule has 4 nitrogen and oxygen atoms in total. The fraction of sp³-hybridized carbons (Fsp3) is 0. The lowest BCUT2D eigenvalue weighted by Gasteiger charge is -2.04. The number of carboxylic acid groups (broad SMARTS) is 1. The van der Waals surface area contributed by atoms with Crippen LogP contribution in [-0.2, 0) is 0 Å². The molecule has 0 saturated carbocycles. The summed E-state index contributed by atoms with van der Waals surface area (Å²) in [5, 5.41) is 10.0. The van der Waals surface area contributed by atoms with Gasteiger partial charge >= 0.3 is 5.97 Å². The lowest BCUT2D eigenvalue weighted by atomic mass is 10.0. The lowest BCUT2D eigenvalue weighted by molar-refractivity contribution is 0.0697. The monoisotopic (exact) mass is 314 g/mol. The van der Waals surface area contributed by atoms with Crippen LogP contribution in [0, 0.1) is 0 Å². The molecule has 0 aliphatic heterocycles.